The lowest BCUT2D eigenvalue weighted by Gasteiger charge is -2.22. The van der Waals surface area contributed by atoms with Crippen LogP contribution in [-0.2, 0) is 4.79 Å². The van der Waals surface area contributed by atoms with Crippen LogP contribution in [0.2, 0.25) is 0 Å². The van der Waals surface area contributed by atoms with E-state index in [2.05, 4.69) is 10.3 Å². The topological polar surface area (TPSA) is 62.2 Å². The van der Waals surface area contributed by atoms with Gasteiger partial charge in [-0.05, 0) is 24.1 Å². The van der Waals surface area contributed by atoms with Crippen LogP contribution in [0.3, 0.4) is 0 Å². The molecule has 106 valence electrons. The number of fused-ring (bicyclic) bond motifs is 1. The summed E-state index contributed by atoms with van der Waals surface area (Å²) in [4.78, 5) is 15.4. The van der Waals surface area contributed by atoms with E-state index in [1.54, 1.807) is 18.3 Å². The second-order valence-corrected chi connectivity index (χ2v) is 4.87. The van der Waals surface area contributed by atoms with Crippen molar-refractivity contribution in [1.82, 2.24) is 4.98 Å². The molecule has 1 aromatic carbocycles. The van der Waals surface area contributed by atoms with Crippen LogP contribution in [0.4, 0.5) is 10.1 Å². The number of carboxylic acid groups (broad SMARTS) is 1. The molecule has 4 nitrogen and oxygen atoms in total. The van der Waals surface area contributed by atoms with Gasteiger partial charge in [-0.2, -0.15) is 0 Å². The number of aromatic nitrogens is 1. The highest BCUT2D eigenvalue weighted by molar-refractivity contribution is 5.92. The van der Waals surface area contributed by atoms with E-state index in [1.165, 1.54) is 12.1 Å². The molecule has 0 unspecified atom stereocenters. The van der Waals surface area contributed by atoms with E-state index in [0.717, 1.165) is 6.42 Å². The molecule has 0 spiro atoms. The number of rotatable bonds is 5. The Labute approximate surface area is 116 Å². The van der Waals surface area contributed by atoms with Gasteiger partial charge in [-0.15, -0.1) is 0 Å². The molecule has 5 heteroatoms. The minimum atomic E-state index is -0.897. The molecule has 2 atom stereocenters. The highest BCUT2D eigenvalue weighted by Gasteiger charge is 2.23. The zero-order valence-corrected chi connectivity index (χ0v) is 11.4. The van der Waals surface area contributed by atoms with E-state index in [-0.39, 0.29) is 11.7 Å². The monoisotopic (exact) mass is 276 g/mol. The third-order valence-corrected chi connectivity index (χ3v) is 3.49. The van der Waals surface area contributed by atoms with Gasteiger partial charge in [0.2, 0.25) is 0 Å². The van der Waals surface area contributed by atoms with Crippen molar-refractivity contribution in [3.8, 4) is 0 Å². The Morgan fingerprint density at radius 3 is 2.85 bits per heavy atom. The minimum Gasteiger partial charge on any atom is -0.480 e. The third-order valence-electron chi connectivity index (χ3n) is 3.49. The number of aliphatic carboxylic acids is 1. The predicted molar refractivity (Wildman–Crippen MR) is 76.2 cm³/mol. The molecule has 20 heavy (non-hydrogen) atoms. The molecule has 2 aromatic rings. The molecule has 0 radical (unpaired) electrons. The summed E-state index contributed by atoms with van der Waals surface area (Å²) < 4.78 is 13.2. The zero-order valence-electron chi connectivity index (χ0n) is 11.4. The predicted octanol–water partition coefficient (Wildman–Crippen LogP) is 3.29. The zero-order chi connectivity index (χ0) is 14.7. The fraction of sp³-hybridized carbons (Fsp3) is 0.333. The van der Waals surface area contributed by atoms with Crippen molar-refractivity contribution in [3.05, 3.63) is 36.3 Å². The number of halogens is 1. The van der Waals surface area contributed by atoms with Crippen LogP contribution >= 0.6 is 0 Å². The lowest BCUT2D eigenvalue weighted by Crippen LogP contribution is -2.35. The van der Waals surface area contributed by atoms with Crippen molar-refractivity contribution in [1.29, 1.82) is 0 Å². The van der Waals surface area contributed by atoms with Crippen LogP contribution in [0, 0.1) is 11.7 Å². The number of nitrogens with zero attached hydrogens (tertiary/aromatic N) is 1. The molecule has 0 bridgehead atoms. The average molecular weight is 276 g/mol. The molecule has 0 amide bonds. The first-order chi connectivity index (χ1) is 9.52. The van der Waals surface area contributed by atoms with Crippen LogP contribution in [0.1, 0.15) is 20.3 Å². The summed E-state index contributed by atoms with van der Waals surface area (Å²) in [7, 11) is 0. The summed E-state index contributed by atoms with van der Waals surface area (Å²) in [6, 6.07) is 5.30. The van der Waals surface area contributed by atoms with Crippen molar-refractivity contribution >= 4 is 22.6 Å². The van der Waals surface area contributed by atoms with Crippen LogP contribution in [0.15, 0.2) is 30.5 Å². The van der Waals surface area contributed by atoms with Crippen LogP contribution in [0.25, 0.3) is 10.9 Å². The maximum atomic E-state index is 13.2. The molecule has 0 saturated heterocycles. The summed E-state index contributed by atoms with van der Waals surface area (Å²) in [5.41, 5.74) is 1.16. The molecule has 0 fully saturated rings. The Morgan fingerprint density at radius 1 is 1.45 bits per heavy atom. The van der Waals surface area contributed by atoms with Crippen molar-refractivity contribution in [2.75, 3.05) is 5.32 Å². The lowest BCUT2D eigenvalue weighted by atomic mass is 9.98. The summed E-state index contributed by atoms with van der Waals surface area (Å²) in [6.07, 6.45) is 2.29. The van der Waals surface area contributed by atoms with Crippen molar-refractivity contribution in [3.63, 3.8) is 0 Å². The van der Waals surface area contributed by atoms with Gasteiger partial charge in [0.25, 0.3) is 0 Å². The Bertz CT molecular complexity index is 630. The second kappa shape index (κ2) is 5.86. The minimum absolute atomic E-state index is 0.0174. The van der Waals surface area contributed by atoms with Gasteiger partial charge in [0, 0.05) is 23.3 Å². The Balaban J connectivity index is 2.40. The summed E-state index contributed by atoms with van der Waals surface area (Å²) in [5, 5.41) is 13.1. The number of benzene rings is 1. The van der Waals surface area contributed by atoms with Gasteiger partial charge in [0.15, 0.2) is 0 Å². The number of anilines is 1. The van der Waals surface area contributed by atoms with E-state index < -0.39 is 12.0 Å². The quantitative estimate of drug-likeness (QED) is 0.879. The van der Waals surface area contributed by atoms with Crippen molar-refractivity contribution < 1.29 is 14.3 Å². The van der Waals surface area contributed by atoms with Gasteiger partial charge >= 0.3 is 5.97 Å². The lowest BCUT2D eigenvalue weighted by molar-refractivity contribution is -0.139. The fourth-order valence-electron chi connectivity index (χ4n) is 2.10. The van der Waals surface area contributed by atoms with Gasteiger partial charge < -0.3 is 10.4 Å². The standard InChI is InChI=1S/C15H17FN2O2/c1-3-9(2)14(15(19)20)18-12-6-7-17-13-8-10(16)4-5-11(12)13/h4-9,14H,3H2,1-2H3,(H,17,18)(H,19,20)/t9-,14-/m0/s1. The van der Waals surface area contributed by atoms with Gasteiger partial charge in [-0.3, -0.25) is 4.98 Å². The number of carboxylic acids is 1. The Kier molecular flexibility index (Phi) is 4.17. The smallest absolute Gasteiger partial charge is 0.326 e. The van der Waals surface area contributed by atoms with E-state index in [4.69, 9.17) is 0 Å². The summed E-state index contributed by atoms with van der Waals surface area (Å²) in [6.45, 7) is 3.83. The molecule has 0 aliphatic carbocycles. The van der Waals surface area contributed by atoms with Crippen molar-refractivity contribution in [2.24, 2.45) is 5.92 Å². The van der Waals surface area contributed by atoms with Crippen LogP contribution in [0.5, 0.6) is 0 Å². The van der Waals surface area contributed by atoms with Crippen LogP contribution in [-0.4, -0.2) is 22.1 Å². The molecule has 1 heterocycles. The first kappa shape index (κ1) is 14.2. The molecular weight excluding hydrogens is 259 g/mol. The van der Waals surface area contributed by atoms with E-state index in [9.17, 15) is 14.3 Å². The Hall–Kier alpha value is -2.17. The van der Waals surface area contributed by atoms with Crippen molar-refractivity contribution in [2.45, 2.75) is 26.3 Å². The van der Waals surface area contributed by atoms with Gasteiger partial charge in [-0.1, -0.05) is 20.3 Å². The molecule has 2 rings (SSSR count). The molecule has 0 aliphatic heterocycles. The molecule has 2 N–H and O–H groups in total. The van der Waals surface area contributed by atoms with Gasteiger partial charge in [0.05, 0.1) is 5.52 Å². The third kappa shape index (κ3) is 2.87. The molecule has 0 aliphatic rings. The normalized spacial score (nSPS) is 13.9. The average Bonchev–Trinajstić information content (AvgIpc) is 2.43. The number of pyridine rings is 1. The number of carbonyl (C=O) groups is 1. The fourth-order valence-corrected chi connectivity index (χ4v) is 2.10. The van der Waals surface area contributed by atoms with Gasteiger partial charge in [0.1, 0.15) is 11.9 Å². The molecule has 0 saturated carbocycles. The number of nitrogens with one attached hydrogen (secondary N) is 1. The summed E-state index contributed by atoms with van der Waals surface area (Å²) >= 11 is 0. The van der Waals surface area contributed by atoms with E-state index >= 15 is 0 Å². The van der Waals surface area contributed by atoms with Crippen LogP contribution < -0.4 is 5.32 Å². The molecular formula is C15H17FN2O2. The highest BCUT2D eigenvalue weighted by Crippen LogP contribution is 2.24. The second-order valence-electron chi connectivity index (χ2n) is 4.87. The highest BCUT2D eigenvalue weighted by atomic mass is 19.1. The maximum absolute atomic E-state index is 13.2. The molecule has 1 aromatic heterocycles. The Morgan fingerprint density at radius 2 is 2.20 bits per heavy atom. The number of hydrogen-bond donors (Lipinski definition) is 2. The van der Waals surface area contributed by atoms with Gasteiger partial charge in [-0.25, -0.2) is 9.18 Å². The largest absolute Gasteiger partial charge is 0.480 e. The SMILES string of the molecule is CC[C@H](C)[C@H](Nc1ccnc2cc(F)ccc12)C(=O)O. The van der Waals surface area contributed by atoms with E-state index in [0.29, 0.717) is 16.6 Å². The first-order valence-electron chi connectivity index (χ1n) is 6.56. The maximum Gasteiger partial charge on any atom is 0.326 e. The number of hydrogen-bond acceptors (Lipinski definition) is 3. The first-order valence-corrected chi connectivity index (χ1v) is 6.56. The summed E-state index contributed by atoms with van der Waals surface area (Å²) in [5.74, 6) is -1.28. The van der Waals surface area contributed by atoms with E-state index in [1.807, 2.05) is 13.8 Å².